The summed E-state index contributed by atoms with van der Waals surface area (Å²) in [6.07, 6.45) is 3.36. The molecule has 1 aromatic rings. The number of hydrogen-bond acceptors (Lipinski definition) is 4. The quantitative estimate of drug-likeness (QED) is 0.488. The number of rotatable bonds is 2. The van der Waals surface area contributed by atoms with Crippen LogP contribution in [0, 0.1) is 6.92 Å². The zero-order valence-electron chi connectivity index (χ0n) is 7.40. The Bertz CT molecular complexity index is 296. The van der Waals surface area contributed by atoms with Crippen LogP contribution in [-0.2, 0) is 4.84 Å². The van der Waals surface area contributed by atoms with E-state index in [1.54, 1.807) is 12.4 Å². The average molecular weight is 165 g/mol. The maximum absolute atomic E-state index is 4.62. The topological polar surface area (TPSA) is 47.4 Å². The normalized spacial score (nSPS) is 11.4. The molecule has 0 saturated carbocycles. The van der Waals surface area contributed by atoms with Gasteiger partial charge in [0, 0.05) is 6.20 Å². The van der Waals surface area contributed by atoms with Gasteiger partial charge in [0.15, 0.2) is 0 Å². The van der Waals surface area contributed by atoms with Gasteiger partial charge < -0.3 is 4.84 Å². The molecule has 0 N–H and O–H groups in total. The third kappa shape index (κ3) is 2.02. The molecule has 64 valence electrons. The van der Waals surface area contributed by atoms with Crippen molar-refractivity contribution in [2.75, 3.05) is 7.11 Å². The Morgan fingerprint density at radius 2 is 2.25 bits per heavy atom. The largest absolute Gasteiger partial charge is 0.399 e. The molecule has 0 aliphatic heterocycles. The molecule has 0 saturated heterocycles. The van der Waals surface area contributed by atoms with E-state index in [-0.39, 0.29) is 0 Å². The molecule has 1 aromatic heterocycles. The van der Waals surface area contributed by atoms with Gasteiger partial charge in [-0.05, 0) is 13.8 Å². The van der Waals surface area contributed by atoms with E-state index in [1.807, 2.05) is 13.8 Å². The van der Waals surface area contributed by atoms with Crippen LogP contribution in [0.25, 0.3) is 0 Å². The van der Waals surface area contributed by atoms with Crippen molar-refractivity contribution in [3.63, 3.8) is 0 Å². The van der Waals surface area contributed by atoms with E-state index in [9.17, 15) is 0 Å². The Balaban J connectivity index is 2.95. The fraction of sp³-hybridized carbons (Fsp3) is 0.375. The molecule has 0 aliphatic rings. The maximum atomic E-state index is 4.62. The molecule has 1 rings (SSSR count). The standard InChI is InChI=1S/C8H11N3O/c1-6-4-9-5-8(10-6)7(2)11-12-3/h4-5H,1-3H3/b11-7+. The molecule has 4 nitrogen and oxygen atoms in total. The predicted octanol–water partition coefficient (Wildman–Crippen LogP) is 1.16. The lowest BCUT2D eigenvalue weighted by Crippen LogP contribution is -2.01. The summed E-state index contributed by atoms with van der Waals surface area (Å²) in [4.78, 5) is 12.8. The highest BCUT2D eigenvalue weighted by Gasteiger charge is 1.99. The number of oxime groups is 1. The third-order valence-corrected chi connectivity index (χ3v) is 1.35. The van der Waals surface area contributed by atoms with Crippen molar-refractivity contribution in [1.29, 1.82) is 0 Å². The van der Waals surface area contributed by atoms with E-state index in [4.69, 9.17) is 0 Å². The first-order valence-corrected chi connectivity index (χ1v) is 3.61. The lowest BCUT2D eigenvalue weighted by molar-refractivity contribution is 0.213. The summed E-state index contributed by atoms with van der Waals surface area (Å²) in [7, 11) is 1.51. The van der Waals surface area contributed by atoms with E-state index in [0.29, 0.717) is 0 Å². The summed E-state index contributed by atoms with van der Waals surface area (Å²) >= 11 is 0. The summed E-state index contributed by atoms with van der Waals surface area (Å²) < 4.78 is 0. The van der Waals surface area contributed by atoms with Crippen molar-refractivity contribution in [3.05, 3.63) is 23.8 Å². The number of aromatic nitrogens is 2. The van der Waals surface area contributed by atoms with Gasteiger partial charge in [-0.2, -0.15) is 0 Å². The van der Waals surface area contributed by atoms with Crippen LogP contribution in [0.5, 0.6) is 0 Å². The molecule has 0 bridgehead atoms. The minimum atomic E-state index is 0.730. The van der Waals surface area contributed by atoms with Crippen molar-refractivity contribution in [3.8, 4) is 0 Å². The molecule has 0 unspecified atom stereocenters. The Morgan fingerprint density at radius 3 is 2.83 bits per heavy atom. The number of nitrogens with zero attached hydrogens (tertiary/aromatic N) is 3. The van der Waals surface area contributed by atoms with Crippen molar-refractivity contribution in [2.24, 2.45) is 5.16 Å². The zero-order chi connectivity index (χ0) is 8.97. The van der Waals surface area contributed by atoms with E-state index in [1.165, 1.54) is 7.11 Å². The fourth-order valence-electron chi connectivity index (χ4n) is 0.821. The Kier molecular flexibility index (Phi) is 2.74. The van der Waals surface area contributed by atoms with Crippen LogP contribution in [0.15, 0.2) is 17.5 Å². The lowest BCUT2D eigenvalue weighted by Gasteiger charge is -1.98. The van der Waals surface area contributed by atoms with E-state index >= 15 is 0 Å². The van der Waals surface area contributed by atoms with Gasteiger partial charge in [0.1, 0.15) is 18.5 Å². The van der Waals surface area contributed by atoms with Crippen molar-refractivity contribution in [1.82, 2.24) is 9.97 Å². The molecule has 4 heteroatoms. The molecule has 0 aliphatic carbocycles. The highest BCUT2D eigenvalue weighted by atomic mass is 16.6. The Hall–Kier alpha value is -1.45. The molecule has 12 heavy (non-hydrogen) atoms. The first-order valence-electron chi connectivity index (χ1n) is 3.61. The SMILES string of the molecule is CO/N=C(\C)c1cncc(C)n1. The van der Waals surface area contributed by atoms with Gasteiger partial charge in [-0.15, -0.1) is 0 Å². The second kappa shape index (κ2) is 3.80. The average Bonchev–Trinajstić information content (AvgIpc) is 2.05. The van der Waals surface area contributed by atoms with Crippen LogP contribution in [0.3, 0.4) is 0 Å². The van der Waals surface area contributed by atoms with Crippen LogP contribution in [-0.4, -0.2) is 22.8 Å². The van der Waals surface area contributed by atoms with Crippen molar-refractivity contribution >= 4 is 5.71 Å². The molecule has 0 spiro atoms. The minimum absolute atomic E-state index is 0.730. The third-order valence-electron chi connectivity index (χ3n) is 1.35. The maximum Gasteiger partial charge on any atom is 0.106 e. The molecule has 1 heterocycles. The Morgan fingerprint density at radius 1 is 1.50 bits per heavy atom. The van der Waals surface area contributed by atoms with Crippen LogP contribution in [0.1, 0.15) is 18.3 Å². The first kappa shape index (κ1) is 8.64. The van der Waals surface area contributed by atoms with Gasteiger partial charge in [-0.3, -0.25) is 4.98 Å². The van der Waals surface area contributed by atoms with Crippen LogP contribution < -0.4 is 0 Å². The van der Waals surface area contributed by atoms with E-state index < -0.39 is 0 Å². The van der Waals surface area contributed by atoms with E-state index in [0.717, 1.165) is 17.1 Å². The van der Waals surface area contributed by atoms with Gasteiger partial charge in [0.25, 0.3) is 0 Å². The predicted molar refractivity (Wildman–Crippen MR) is 46.0 cm³/mol. The van der Waals surface area contributed by atoms with Gasteiger partial charge in [-0.25, -0.2) is 4.98 Å². The minimum Gasteiger partial charge on any atom is -0.399 e. The summed E-state index contributed by atoms with van der Waals surface area (Å²) in [5.41, 5.74) is 2.35. The van der Waals surface area contributed by atoms with Crippen molar-refractivity contribution < 1.29 is 4.84 Å². The monoisotopic (exact) mass is 165 g/mol. The van der Waals surface area contributed by atoms with Gasteiger partial charge in [0.2, 0.25) is 0 Å². The second-order valence-electron chi connectivity index (χ2n) is 2.40. The summed E-state index contributed by atoms with van der Waals surface area (Å²) in [6.45, 7) is 3.71. The molecule has 0 atom stereocenters. The molecular weight excluding hydrogens is 154 g/mol. The van der Waals surface area contributed by atoms with Gasteiger partial charge in [0.05, 0.1) is 11.9 Å². The van der Waals surface area contributed by atoms with Crippen LogP contribution >= 0.6 is 0 Å². The van der Waals surface area contributed by atoms with Crippen molar-refractivity contribution in [2.45, 2.75) is 13.8 Å². The summed E-state index contributed by atoms with van der Waals surface area (Å²) in [5.74, 6) is 0. The summed E-state index contributed by atoms with van der Waals surface area (Å²) in [6, 6.07) is 0. The lowest BCUT2D eigenvalue weighted by atomic mass is 10.3. The molecule has 0 aromatic carbocycles. The van der Waals surface area contributed by atoms with Crippen LogP contribution in [0.4, 0.5) is 0 Å². The zero-order valence-corrected chi connectivity index (χ0v) is 7.40. The number of aryl methyl sites for hydroxylation is 1. The molecular formula is C8H11N3O. The molecule has 0 fully saturated rings. The summed E-state index contributed by atoms with van der Waals surface area (Å²) in [5, 5.41) is 3.75. The van der Waals surface area contributed by atoms with Gasteiger partial charge >= 0.3 is 0 Å². The second-order valence-corrected chi connectivity index (χ2v) is 2.40. The van der Waals surface area contributed by atoms with Crippen LogP contribution in [0.2, 0.25) is 0 Å². The van der Waals surface area contributed by atoms with E-state index in [2.05, 4.69) is 20.0 Å². The highest BCUT2D eigenvalue weighted by molar-refractivity contribution is 5.96. The van der Waals surface area contributed by atoms with Gasteiger partial charge in [-0.1, -0.05) is 5.16 Å². The smallest absolute Gasteiger partial charge is 0.106 e. The fourth-order valence-corrected chi connectivity index (χ4v) is 0.821. The molecule has 0 radical (unpaired) electrons. The highest BCUT2D eigenvalue weighted by Crippen LogP contribution is 1.97. The first-order chi connectivity index (χ1) is 5.74. The number of hydrogen-bond donors (Lipinski definition) is 0. The Labute approximate surface area is 71.3 Å². The molecule has 0 amide bonds.